The van der Waals surface area contributed by atoms with Crippen LogP contribution in [0.25, 0.3) is 0 Å². The van der Waals surface area contributed by atoms with Crippen molar-refractivity contribution in [1.29, 1.82) is 0 Å². The highest BCUT2D eigenvalue weighted by Gasteiger charge is 2.42. The first-order valence-corrected chi connectivity index (χ1v) is 16.6. The molecule has 0 bridgehead atoms. The molecule has 1 fully saturated rings. The van der Waals surface area contributed by atoms with Crippen molar-refractivity contribution in [2.75, 3.05) is 46.9 Å². The Morgan fingerprint density at radius 2 is 1.65 bits per heavy atom. The minimum absolute atomic E-state index is 0.0222. The van der Waals surface area contributed by atoms with E-state index in [2.05, 4.69) is 31.3 Å². The van der Waals surface area contributed by atoms with Gasteiger partial charge in [-0.05, 0) is 70.9 Å². The van der Waals surface area contributed by atoms with Crippen LogP contribution < -0.4 is 10.1 Å². The van der Waals surface area contributed by atoms with Crippen molar-refractivity contribution in [2.24, 2.45) is 11.8 Å². The molecule has 9 nitrogen and oxygen atoms in total. The Morgan fingerprint density at radius 3 is 2.17 bits per heavy atom. The third kappa shape index (κ3) is 10.2. The summed E-state index contributed by atoms with van der Waals surface area (Å²) in [7, 11) is 3.54. The number of carbonyl (C=O) groups excluding carboxylic acids is 3. The van der Waals surface area contributed by atoms with Gasteiger partial charge in [-0.15, -0.1) is 0 Å². The molecule has 4 rings (SSSR count). The number of para-hydroxylation sites is 2. The number of piperidine rings is 1. The zero-order valence-corrected chi connectivity index (χ0v) is 29.2. The molecule has 2 aliphatic rings. The van der Waals surface area contributed by atoms with Gasteiger partial charge in [-0.1, -0.05) is 50.2 Å². The largest absolute Gasteiger partial charge is 0.457 e. The molecular weight excluding hydrogens is 582 g/mol. The summed E-state index contributed by atoms with van der Waals surface area (Å²) < 4.78 is 17.1. The molecule has 2 aliphatic heterocycles. The number of nitrogens with zero attached hydrogens (tertiary/aromatic N) is 2. The third-order valence-corrected chi connectivity index (χ3v) is 8.41. The van der Waals surface area contributed by atoms with Crippen LogP contribution in [0.4, 0.5) is 4.79 Å². The van der Waals surface area contributed by atoms with Crippen molar-refractivity contribution in [2.45, 2.75) is 84.7 Å². The molecule has 9 heteroatoms. The molecule has 1 unspecified atom stereocenters. The number of hydrogen-bond acceptors (Lipinski definition) is 6. The average molecular weight is 638 g/mol. The fraction of sp³-hybridized carbons (Fsp3) is 0.595. The fourth-order valence-corrected chi connectivity index (χ4v) is 6.13. The lowest BCUT2D eigenvalue weighted by Crippen LogP contribution is -2.49. The minimum Gasteiger partial charge on any atom is -0.457 e. The number of fused-ring (bicyclic) bond motifs is 2. The second-order valence-electron chi connectivity index (χ2n) is 13.9. The standard InChI is InChI=1S/C30H40N2O5.C7H15NO/c1-29(2,3)37-28(34)32-18-11-12-22(20-32)27(33)31-21-30(17-9-10-19-35-4)23-13-5-7-15-25(23)36-26-16-8-6-14-24(26)30;1-6(2)5-8(4)7(3)9/h5-8,13-16,22H,9-12,17-21H2,1-4H3,(H,31,33);6H,5H2,1-4H3. The Labute approximate surface area is 276 Å². The fourth-order valence-electron chi connectivity index (χ4n) is 6.13. The maximum atomic E-state index is 13.5. The Bertz CT molecular complexity index is 1260. The lowest BCUT2D eigenvalue weighted by atomic mass is 9.69. The Balaban J connectivity index is 0.000000559. The normalized spacial score (nSPS) is 16.6. The average Bonchev–Trinajstić information content (AvgIpc) is 3.01. The van der Waals surface area contributed by atoms with Crippen LogP contribution in [0.3, 0.4) is 0 Å². The van der Waals surface area contributed by atoms with E-state index in [4.69, 9.17) is 14.2 Å². The van der Waals surface area contributed by atoms with Gasteiger partial charge in [-0.3, -0.25) is 9.59 Å². The van der Waals surface area contributed by atoms with Crippen LogP contribution in [0, 0.1) is 11.8 Å². The van der Waals surface area contributed by atoms with Gasteiger partial charge in [0.25, 0.3) is 0 Å². The highest BCUT2D eigenvalue weighted by Crippen LogP contribution is 2.50. The summed E-state index contributed by atoms with van der Waals surface area (Å²) in [6.45, 7) is 14.3. The van der Waals surface area contributed by atoms with Crippen LogP contribution in [0.5, 0.6) is 11.5 Å². The molecule has 2 heterocycles. The Kier molecular flexibility index (Phi) is 13.5. The SMILES string of the molecule is CC(=O)N(C)CC(C)C.COCCCCC1(CNC(=O)C2CCCN(C(=O)OC(C)(C)C)C2)c2ccccc2Oc2ccccc21. The molecule has 46 heavy (non-hydrogen) atoms. The minimum atomic E-state index is -0.564. The molecule has 0 saturated carbocycles. The third-order valence-electron chi connectivity index (χ3n) is 8.41. The molecule has 3 amide bonds. The maximum absolute atomic E-state index is 13.5. The highest BCUT2D eigenvalue weighted by atomic mass is 16.6. The van der Waals surface area contributed by atoms with Gasteiger partial charge in [0.05, 0.1) is 5.92 Å². The molecule has 0 radical (unpaired) electrons. The molecule has 1 N–H and O–H groups in total. The van der Waals surface area contributed by atoms with Gasteiger partial charge in [-0.25, -0.2) is 4.79 Å². The van der Waals surface area contributed by atoms with E-state index in [1.165, 1.54) is 0 Å². The molecule has 0 aromatic heterocycles. The number of amides is 3. The number of nitrogens with one attached hydrogen (secondary N) is 1. The van der Waals surface area contributed by atoms with Crippen molar-refractivity contribution < 1.29 is 28.6 Å². The molecule has 0 spiro atoms. The molecule has 2 aromatic rings. The maximum Gasteiger partial charge on any atom is 0.410 e. The quantitative estimate of drug-likeness (QED) is 0.289. The van der Waals surface area contributed by atoms with E-state index in [0.717, 1.165) is 61.3 Å². The second-order valence-corrected chi connectivity index (χ2v) is 13.9. The topological polar surface area (TPSA) is 97.4 Å². The number of ether oxygens (including phenoxy) is 3. The summed E-state index contributed by atoms with van der Waals surface area (Å²) in [6.07, 6.45) is 3.91. The van der Waals surface area contributed by atoms with Gasteiger partial charge in [0.2, 0.25) is 11.8 Å². The van der Waals surface area contributed by atoms with E-state index in [1.54, 1.807) is 23.8 Å². The van der Waals surface area contributed by atoms with Gasteiger partial charge >= 0.3 is 6.09 Å². The van der Waals surface area contributed by atoms with Crippen LogP contribution in [0.1, 0.15) is 84.8 Å². The van der Waals surface area contributed by atoms with Gasteiger partial charge in [0, 0.05) is 70.4 Å². The lowest BCUT2D eigenvalue weighted by Gasteiger charge is -2.41. The van der Waals surface area contributed by atoms with Crippen LogP contribution in [0.15, 0.2) is 48.5 Å². The van der Waals surface area contributed by atoms with E-state index < -0.39 is 11.0 Å². The summed E-state index contributed by atoms with van der Waals surface area (Å²) in [5, 5.41) is 3.29. The summed E-state index contributed by atoms with van der Waals surface area (Å²) >= 11 is 0. The van der Waals surface area contributed by atoms with Crippen molar-refractivity contribution >= 4 is 17.9 Å². The van der Waals surface area contributed by atoms with Gasteiger partial charge in [0.1, 0.15) is 17.1 Å². The zero-order chi connectivity index (χ0) is 33.9. The molecule has 1 atom stereocenters. The van der Waals surface area contributed by atoms with E-state index in [0.29, 0.717) is 32.2 Å². The number of likely N-dealkylation sites (tertiary alicyclic amines) is 1. The number of hydrogen-bond donors (Lipinski definition) is 1. The first-order valence-electron chi connectivity index (χ1n) is 16.6. The van der Waals surface area contributed by atoms with E-state index >= 15 is 0 Å². The van der Waals surface area contributed by atoms with Crippen LogP contribution >= 0.6 is 0 Å². The van der Waals surface area contributed by atoms with Gasteiger partial charge in [0.15, 0.2) is 0 Å². The van der Waals surface area contributed by atoms with E-state index in [1.807, 2.05) is 64.2 Å². The predicted molar refractivity (Wildman–Crippen MR) is 181 cm³/mol. The predicted octanol–water partition coefficient (Wildman–Crippen LogP) is 6.78. The molecule has 1 saturated heterocycles. The van der Waals surface area contributed by atoms with Gasteiger partial charge < -0.3 is 29.3 Å². The highest BCUT2D eigenvalue weighted by molar-refractivity contribution is 5.80. The van der Waals surface area contributed by atoms with Crippen LogP contribution in [0.2, 0.25) is 0 Å². The monoisotopic (exact) mass is 637 g/mol. The number of benzene rings is 2. The van der Waals surface area contributed by atoms with Crippen molar-refractivity contribution in [1.82, 2.24) is 15.1 Å². The van der Waals surface area contributed by atoms with Crippen molar-refractivity contribution in [3.63, 3.8) is 0 Å². The summed E-state index contributed by atoms with van der Waals surface area (Å²) in [4.78, 5) is 40.1. The zero-order valence-electron chi connectivity index (χ0n) is 29.2. The summed E-state index contributed by atoms with van der Waals surface area (Å²) in [5.74, 6) is 2.08. The second kappa shape index (κ2) is 16.8. The summed E-state index contributed by atoms with van der Waals surface area (Å²) in [5.41, 5.74) is 1.19. The number of methoxy groups -OCH3 is 1. The molecule has 2 aromatic carbocycles. The number of carbonyl (C=O) groups is 3. The molecule has 0 aliphatic carbocycles. The lowest BCUT2D eigenvalue weighted by molar-refractivity contribution is -0.128. The van der Waals surface area contributed by atoms with E-state index in [9.17, 15) is 14.4 Å². The number of unbranched alkanes of at least 4 members (excludes halogenated alkanes) is 1. The smallest absolute Gasteiger partial charge is 0.410 e. The van der Waals surface area contributed by atoms with Gasteiger partial charge in [-0.2, -0.15) is 0 Å². The van der Waals surface area contributed by atoms with E-state index in [-0.39, 0.29) is 23.8 Å². The van der Waals surface area contributed by atoms with Crippen LogP contribution in [-0.2, 0) is 24.5 Å². The van der Waals surface area contributed by atoms with Crippen LogP contribution in [-0.4, -0.2) is 80.3 Å². The molecule has 254 valence electrons. The van der Waals surface area contributed by atoms with Crippen molar-refractivity contribution in [3.8, 4) is 11.5 Å². The first kappa shape index (κ1) is 36.9. The number of rotatable bonds is 10. The summed E-state index contributed by atoms with van der Waals surface area (Å²) in [6, 6.07) is 16.2. The van der Waals surface area contributed by atoms with Crippen molar-refractivity contribution in [3.05, 3.63) is 59.7 Å². The Morgan fingerprint density at radius 1 is 1.04 bits per heavy atom. The first-order chi connectivity index (χ1) is 21.8. The Hall–Kier alpha value is -3.59. The molecular formula is C37H55N3O6.